The highest BCUT2D eigenvalue weighted by atomic mass is 16.6. The molecule has 1 aliphatic rings. The molecule has 2 unspecified atom stereocenters. The number of nitrogens with zero attached hydrogens (tertiary/aromatic N) is 1. The van der Waals surface area contributed by atoms with Gasteiger partial charge in [-0.25, -0.2) is 0 Å². The quantitative estimate of drug-likeness (QED) is 0.646. The van der Waals surface area contributed by atoms with E-state index in [4.69, 9.17) is 0 Å². The SMILES string of the molecule is CNC1CC(c2ccccc2[N+](=O)[O-])C1(C)C. The topological polar surface area (TPSA) is 55.2 Å². The van der Waals surface area contributed by atoms with Crippen molar-refractivity contribution in [3.8, 4) is 0 Å². The summed E-state index contributed by atoms with van der Waals surface area (Å²) in [7, 11) is 1.95. The van der Waals surface area contributed by atoms with Crippen molar-refractivity contribution in [2.75, 3.05) is 7.05 Å². The van der Waals surface area contributed by atoms with Gasteiger partial charge in [0.25, 0.3) is 5.69 Å². The summed E-state index contributed by atoms with van der Waals surface area (Å²) in [6.45, 7) is 4.33. The number of benzene rings is 1. The highest BCUT2D eigenvalue weighted by Crippen LogP contribution is 2.54. The molecule has 0 saturated heterocycles. The molecule has 0 amide bonds. The van der Waals surface area contributed by atoms with Crippen LogP contribution in [-0.2, 0) is 0 Å². The van der Waals surface area contributed by atoms with Gasteiger partial charge in [0.05, 0.1) is 4.92 Å². The van der Waals surface area contributed by atoms with Gasteiger partial charge >= 0.3 is 0 Å². The first-order chi connectivity index (χ1) is 7.98. The van der Waals surface area contributed by atoms with Crippen LogP contribution in [0.2, 0.25) is 0 Å². The number of nitro groups is 1. The maximum atomic E-state index is 11.0. The normalized spacial score (nSPS) is 26.3. The minimum absolute atomic E-state index is 0.0703. The fraction of sp³-hybridized carbons (Fsp3) is 0.538. The second-order valence-electron chi connectivity index (χ2n) is 5.27. The number of para-hydroxylation sites is 1. The molecule has 0 aromatic heterocycles. The molecule has 1 saturated carbocycles. The van der Waals surface area contributed by atoms with E-state index in [9.17, 15) is 10.1 Å². The summed E-state index contributed by atoms with van der Waals surface area (Å²) >= 11 is 0. The van der Waals surface area contributed by atoms with Crippen LogP contribution in [0.15, 0.2) is 24.3 Å². The molecule has 0 aliphatic heterocycles. The Labute approximate surface area is 101 Å². The van der Waals surface area contributed by atoms with Gasteiger partial charge in [-0.3, -0.25) is 10.1 Å². The van der Waals surface area contributed by atoms with Crippen molar-refractivity contribution < 1.29 is 4.92 Å². The molecule has 2 rings (SSSR count). The molecule has 92 valence electrons. The van der Waals surface area contributed by atoms with Crippen LogP contribution in [0.5, 0.6) is 0 Å². The second kappa shape index (κ2) is 4.11. The summed E-state index contributed by atoms with van der Waals surface area (Å²) in [5, 5.41) is 14.3. The van der Waals surface area contributed by atoms with Gasteiger partial charge < -0.3 is 5.32 Å². The van der Waals surface area contributed by atoms with E-state index in [1.165, 1.54) is 0 Å². The third kappa shape index (κ3) is 1.82. The Morgan fingerprint density at radius 1 is 1.41 bits per heavy atom. The van der Waals surface area contributed by atoms with Crippen LogP contribution in [0.3, 0.4) is 0 Å². The van der Waals surface area contributed by atoms with E-state index in [-0.39, 0.29) is 21.9 Å². The van der Waals surface area contributed by atoms with Gasteiger partial charge in [-0.2, -0.15) is 0 Å². The fourth-order valence-electron chi connectivity index (χ4n) is 2.89. The average molecular weight is 234 g/mol. The summed E-state index contributed by atoms with van der Waals surface area (Å²) in [5.41, 5.74) is 1.19. The van der Waals surface area contributed by atoms with Gasteiger partial charge in [0.2, 0.25) is 0 Å². The number of hydrogen-bond donors (Lipinski definition) is 1. The maximum Gasteiger partial charge on any atom is 0.272 e. The van der Waals surface area contributed by atoms with Crippen LogP contribution in [0.25, 0.3) is 0 Å². The van der Waals surface area contributed by atoms with Gasteiger partial charge in [-0.05, 0) is 24.8 Å². The molecule has 4 nitrogen and oxygen atoms in total. The van der Waals surface area contributed by atoms with Crippen molar-refractivity contribution in [1.29, 1.82) is 0 Å². The van der Waals surface area contributed by atoms with Crippen LogP contribution >= 0.6 is 0 Å². The van der Waals surface area contributed by atoms with Gasteiger partial charge in [0.15, 0.2) is 0 Å². The van der Waals surface area contributed by atoms with Gasteiger partial charge in [-0.15, -0.1) is 0 Å². The van der Waals surface area contributed by atoms with Crippen LogP contribution in [0.4, 0.5) is 5.69 Å². The Hall–Kier alpha value is -1.42. The zero-order valence-corrected chi connectivity index (χ0v) is 10.4. The molecular formula is C13H18N2O2. The monoisotopic (exact) mass is 234 g/mol. The fourth-order valence-corrected chi connectivity index (χ4v) is 2.89. The highest BCUT2D eigenvalue weighted by molar-refractivity contribution is 5.45. The molecule has 1 N–H and O–H groups in total. The molecule has 0 radical (unpaired) electrons. The molecule has 0 spiro atoms. The van der Waals surface area contributed by atoms with Gasteiger partial charge in [-0.1, -0.05) is 32.0 Å². The van der Waals surface area contributed by atoms with Crippen molar-refractivity contribution in [2.24, 2.45) is 5.41 Å². The number of rotatable bonds is 3. The Balaban J connectivity index is 2.34. The lowest BCUT2D eigenvalue weighted by Gasteiger charge is -2.52. The van der Waals surface area contributed by atoms with E-state index in [0.29, 0.717) is 6.04 Å². The first-order valence-corrected chi connectivity index (χ1v) is 5.89. The summed E-state index contributed by atoms with van der Waals surface area (Å²) in [5.74, 6) is 0.265. The number of hydrogen-bond acceptors (Lipinski definition) is 3. The van der Waals surface area contributed by atoms with E-state index < -0.39 is 0 Å². The Kier molecular flexibility index (Phi) is 2.91. The molecule has 17 heavy (non-hydrogen) atoms. The van der Waals surface area contributed by atoms with Crippen molar-refractivity contribution in [3.05, 3.63) is 39.9 Å². The molecule has 1 aromatic rings. The Morgan fingerprint density at radius 3 is 2.59 bits per heavy atom. The van der Waals surface area contributed by atoms with Crippen LogP contribution in [0, 0.1) is 15.5 Å². The molecule has 0 bridgehead atoms. The summed E-state index contributed by atoms with van der Waals surface area (Å²) < 4.78 is 0. The smallest absolute Gasteiger partial charge is 0.272 e. The zero-order valence-electron chi connectivity index (χ0n) is 10.4. The predicted octanol–water partition coefficient (Wildman–Crippen LogP) is 2.70. The van der Waals surface area contributed by atoms with Crippen LogP contribution < -0.4 is 5.32 Å². The van der Waals surface area contributed by atoms with E-state index in [1.54, 1.807) is 12.1 Å². The highest BCUT2D eigenvalue weighted by Gasteiger charge is 2.49. The van der Waals surface area contributed by atoms with Gasteiger partial charge in [0, 0.05) is 17.7 Å². The molecule has 0 heterocycles. The lowest BCUT2D eigenvalue weighted by atomic mass is 9.56. The predicted molar refractivity (Wildman–Crippen MR) is 67.1 cm³/mol. The largest absolute Gasteiger partial charge is 0.316 e. The standard InChI is InChI=1S/C13H18N2O2/c1-13(2)10(8-12(13)14-3)9-6-4-5-7-11(9)15(16)17/h4-7,10,12,14H,8H2,1-3H3. The lowest BCUT2D eigenvalue weighted by molar-refractivity contribution is -0.386. The second-order valence-corrected chi connectivity index (χ2v) is 5.27. The van der Waals surface area contributed by atoms with Crippen molar-refractivity contribution in [1.82, 2.24) is 5.32 Å². The Bertz CT molecular complexity index is 443. The molecular weight excluding hydrogens is 216 g/mol. The third-order valence-corrected chi connectivity index (χ3v) is 4.12. The van der Waals surface area contributed by atoms with E-state index in [1.807, 2.05) is 19.2 Å². The maximum absolute atomic E-state index is 11.0. The average Bonchev–Trinajstić information content (AvgIpc) is 2.28. The number of nitrogens with one attached hydrogen (secondary N) is 1. The molecule has 1 aromatic carbocycles. The number of nitro benzene ring substituents is 1. The minimum atomic E-state index is -0.280. The summed E-state index contributed by atoms with van der Waals surface area (Å²) in [6, 6.07) is 7.52. The lowest BCUT2D eigenvalue weighted by Crippen LogP contribution is -2.54. The van der Waals surface area contributed by atoms with E-state index in [0.717, 1.165) is 12.0 Å². The molecule has 1 fully saturated rings. The van der Waals surface area contributed by atoms with E-state index in [2.05, 4.69) is 19.2 Å². The minimum Gasteiger partial charge on any atom is -0.316 e. The third-order valence-electron chi connectivity index (χ3n) is 4.12. The summed E-state index contributed by atoms with van der Waals surface area (Å²) in [4.78, 5) is 10.7. The molecule has 1 aliphatic carbocycles. The van der Waals surface area contributed by atoms with Gasteiger partial charge in [0.1, 0.15) is 0 Å². The molecule has 4 heteroatoms. The first kappa shape index (κ1) is 12.0. The zero-order chi connectivity index (χ0) is 12.6. The van der Waals surface area contributed by atoms with E-state index >= 15 is 0 Å². The Morgan fingerprint density at radius 2 is 2.06 bits per heavy atom. The van der Waals surface area contributed by atoms with Crippen LogP contribution in [0.1, 0.15) is 31.7 Å². The van der Waals surface area contributed by atoms with Crippen molar-refractivity contribution >= 4 is 5.69 Å². The van der Waals surface area contributed by atoms with Crippen molar-refractivity contribution in [2.45, 2.75) is 32.2 Å². The van der Waals surface area contributed by atoms with Crippen LogP contribution in [-0.4, -0.2) is 18.0 Å². The first-order valence-electron chi connectivity index (χ1n) is 5.89. The molecule has 2 atom stereocenters. The van der Waals surface area contributed by atoms with Crippen molar-refractivity contribution in [3.63, 3.8) is 0 Å². The summed E-state index contributed by atoms with van der Waals surface area (Å²) in [6.07, 6.45) is 0.967.